The van der Waals surface area contributed by atoms with Crippen LogP contribution in [0.25, 0.3) is 10.8 Å². The maximum atomic E-state index is 11.3. The number of esters is 1. The van der Waals surface area contributed by atoms with E-state index in [1.165, 1.54) is 7.11 Å². The van der Waals surface area contributed by atoms with Gasteiger partial charge in [0.15, 0.2) is 6.04 Å². The van der Waals surface area contributed by atoms with E-state index in [1.807, 2.05) is 36.4 Å². The third-order valence-corrected chi connectivity index (χ3v) is 4.17. The monoisotopic (exact) mass is 335 g/mol. The smallest absolute Gasteiger partial charge is 0.334 e. The Kier molecular flexibility index (Phi) is 4.84. The van der Waals surface area contributed by atoms with E-state index in [2.05, 4.69) is 25.8 Å². The third kappa shape index (κ3) is 3.04. The molecule has 0 aliphatic carbocycles. The summed E-state index contributed by atoms with van der Waals surface area (Å²) in [5, 5.41) is 5.08. The van der Waals surface area contributed by atoms with Crippen LogP contribution in [0.3, 0.4) is 0 Å². The molecule has 0 aliphatic rings. The van der Waals surface area contributed by atoms with Crippen LogP contribution in [0.5, 0.6) is 0 Å². The van der Waals surface area contributed by atoms with Gasteiger partial charge in [-0.1, -0.05) is 41.6 Å². The third-order valence-electron chi connectivity index (χ3n) is 3.23. The van der Waals surface area contributed by atoms with Crippen molar-refractivity contribution in [3.05, 3.63) is 51.3 Å². The highest BCUT2D eigenvalue weighted by atomic mass is 79.9. The summed E-state index contributed by atoms with van der Waals surface area (Å²) in [7, 11) is 1.26. The molecule has 0 N–H and O–H groups in total. The minimum absolute atomic E-state index is 0.340. The SMILES string of the molecule is COC(=O)C(CCc1ccc2ccccc2c1Br)N=O. The number of fused-ring (bicyclic) bond motifs is 1. The highest BCUT2D eigenvalue weighted by molar-refractivity contribution is 9.10. The van der Waals surface area contributed by atoms with Gasteiger partial charge in [0.05, 0.1) is 7.11 Å². The van der Waals surface area contributed by atoms with Crippen molar-refractivity contribution >= 4 is 32.7 Å². The fourth-order valence-corrected chi connectivity index (χ4v) is 2.81. The highest BCUT2D eigenvalue weighted by Crippen LogP contribution is 2.28. The topological polar surface area (TPSA) is 55.7 Å². The molecule has 1 atom stereocenters. The molecule has 0 heterocycles. The summed E-state index contributed by atoms with van der Waals surface area (Å²) in [5.74, 6) is -0.586. The van der Waals surface area contributed by atoms with Gasteiger partial charge in [0.25, 0.3) is 0 Å². The standard InChI is InChI=1S/C15H14BrNO3/c1-20-15(18)13(17-19)9-8-11-7-6-10-4-2-3-5-12(10)14(11)16/h2-7,13H,8-9H2,1H3. The number of rotatable bonds is 5. The molecule has 104 valence electrons. The number of nitrogens with zero attached hydrogens (tertiary/aromatic N) is 1. The number of methoxy groups -OCH3 is 1. The maximum absolute atomic E-state index is 11.3. The number of aryl methyl sites for hydroxylation is 1. The Balaban J connectivity index is 2.20. The number of nitroso groups, excluding NO2 is 1. The lowest BCUT2D eigenvalue weighted by atomic mass is 10.0. The normalized spacial score (nSPS) is 12.1. The minimum Gasteiger partial charge on any atom is -0.467 e. The van der Waals surface area contributed by atoms with Crippen molar-refractivity contribution in [2.24, 2.45) is 5.18 Å². The molecule has 2 aromatic rings. The Bertz CT molecular complexity index is 642. The summed E-state index contributed by atoms with van der Waals surface area (Å²) >= 11 is 3.58. The second-order valence-corrected chi connectivity index (χ2v) is 5.24. The summed E-state index contributed by atoms with van der Waals surface area (Å²) in [6.07, 6.45) is 0.921. The Hall–Kier alpha value is -1.75. The molecular formula is C15H14BrNO3. The van der Waals surface area contributed by atoms with Gasteiger partial charge in [-0.15, -0.1) is 4.91 Å². The molecule has 0 bridgehead atoms. The number of hydrogen-bond acceptors (Lipinski definition) is 4. The number of ether oxygens (including phenoxy) is 1. The molecule has 4 nitrogen and oxygen atoms in total. The molecule has 0 spiro atoms. The van der Waals surface area contributed by atoms with E-state index >= 15 is 0 Å². The predicted octanol–water partition coefficient (Wildman–Crippen LogP) is 3.84. The first kappa shape index (κ1) is 14.7. The van der Waals surface area contributed by atoms with Gasteiger partial charge in [-0.2, -0.15) is 0 Å². The van der Waals surface area contributed by atoms with Crippen LogP contribution in [-0.4, -0.2) is 19.1 Å². The summed E-state index contributed by atoms with van der Waals surface area (Å²) in [6.45, 7) is 0. The number of benzene rings is 2. The predicted molar refractivity (Wildman–Crippen MR) is 81.6 cm³/mol. The molecule has 0 radical (unpaired) electrons. The lowest BCUT2D eigenvalue weighted by Crippen LogP contribution is -2.20. The molecule has 0 fully saturated rings. The fourth-order valence-electron chi connectivity index (χ4n) is 2.11. The molecule has 0 aliphatic heterocycles. The van der Waals surface area contributed by atoms with E-state index in [1.54, 1.807) is 0 Å². The summed E-state index contributed by atoms with van der Waals surface area (Å²) in [5.41, 5.74) is 1.04. The van der Waals surface area contributed by atoms with Gasteiger partial charge in [-0.3, -0.25) is 0 Å². The zero-order valence-corrected chi connectivity index (χ0v) is 12.6. The Labute approximate surface area is 125 Å². The van der Waals surface area contributed by atoms with Crippen LogP contribution in [0.4, 0.5) is 0 Å². The molecule has 0 saturated carbocycles. The number of hydrogen-bond donors (Lipinski definition) is 0. The van der Waals surface area contributed by atoms with Gasteiger partial charge in [0, 0.05) is 4.47 Å². The number of carbonyl (C=O) groups excluding carboxylic acids is 1. The van der Waals surface area contributed by atoms with Crippen molar-refractivity contribution in [1.29, 1.82) is 0 Å². The van der Waals surface area contributed by atoms with Gasteiger partial charge < -0.3 is 4.74 Å². The van der Waals surface area contributed by atoms with E-state index in [0.29, 0.717) is 12.8 Å². The van der Waals surface area contributed by atoms with E-state index in [0.717, 1.165) is 20.8 Å². The molecular weight excluding hydrogens is 322 g/mol. The van der Waals surface area contributed by atoms with Crippen molar-refractivity contribution in [2.45, 2.75) is 18.9 Å². The van der Waals surface area contributed by atoms with Crippen molar-refractivity contribution in [2.75, 3.05) is 7.11 Å². The summed E-state index contributed by atoms with van der Waals surface area (Å²) < 4.78 is 5.54. The summed E-state index contributed by atoms with van der Waals surface area (Å²) in [4.78, 5) is 22.0. The number of halogens is 1. The van der Waals surface area contributed by atoms with Crippen molar-refractivity contribution in [1.82, 2.24) is 0 Å². The van der Waals surface area contributed by atoms with Gasteiger partial charge in [-0.05, 0) is 45.1 Å². The molecule has 20 heavy (non-hydrogen) atoms. The molecule has 0 aromatic heterocycles. The Morgan fingerprint density at radius 1 is 1.30 bits per heavy atom. The molecule has 0 amide bonds. The van der Waals surface area contributed by atoms with E-state index < -0.39 is 12.0 Å². The molecule has 2 rings (SSSR count). The first-order valence-electron chi connectivity index (χ1n) is 6.23. The van der Waals surface area contributed by atoms with Gasteiger partial charge in [0.2, 0.25) is 0 Å². The number of carbonyl (C=O) groups is 1. The quantitative estimate of drug-likeness (QED) is 0.616. The fraction of sp³-hybridized carbons (Fsp3) is 0.267. The molecule has 0 saturated heterocycles. The average molecular weight is 336 g/mol. The van der Waals surface area contributed by atoms with Crippen LogP contribution in [0.1, 0.15) is 12.0 Å². The zero-order chi connectivity index (χ0) is 14.5. The van der Waals surface area contributed by atoms with E-state index in [4.69, 9.17) is 0 Å². The lowest BCUT2D eigenvalue weighted by Gasteiger charge is -2.10. The summed E-state index contributed by atoms with van der Waals surface area (Å²) in [6, 6.07) is 11.1. The van der Waals surface area contributed by atoms with Gasteiger partial charge in [0.1, 0.15) is 0 Å². The van der Waals surface area contributed by atoms with Crippen molar-refractivity contribution in [3.63, 3.8) is 0 Å². The second-order valence-electron chi connectivity index (χ2n) is 4.44. The second kappa shape index (κ2) is 6.61. The van der Waals surface area contributed by atoms with Crippen LogP contribution in [0.15, 0.2) is 46.0 Å². The molecule has 5 heteroatoms. The average Bonchev–Trinajstić information content (AvgIpc) is 2.49. The largest absolute Gasteiger partial charge is 0.467 e. The highest BCUT2D eigenvalue weighted by Gasteiger charge is 2.20. The molecule has 2 aromatic carbocycles. The Morgan fingerprint density at radius 3 is 2.75 bits per heavy atom. The van der Waals surface area contributed by atoms with E-state index in [-0.39, 0.29) is 0 Å². The van der Waals surface area contributed by atoms with Gasteiger partial charge >= 0.3 is 5.97 Å². The Morgan fingerprint density at radius 2 is 2.05 bits per heavy atom. The van der Waals surface area contributed by atoms with Crippen LogP contribution in [0, 0.1) is 4.91 Å². The molecule has 1 unspecified atom stereocenters. The van der Waals surface area contributed by atoms with Gasteiger partial charge in [-0.25, -0.2) is 4.79 Å². The lowest BCUT2D eigenvalue weighted by molar-refractivity contribution is -0.142. The van der Waals surface area contributed by atoms with Crippen LogP contribution < -0.4 is 0 Å². The van der Waals surface area contributed by atoms with E-state index in [9.17, 15) is 9.70 Å². The maximum Gasteiger partial charge on any atom is 0.334 e. The first-order chi connectivity index (χ1) is 9.67. The van der Waals surface area contributed by atoms with Crippen LogP contribution >= 0.6 is 15.9 Å². The van der Waals surface area contributed by atoms with Crippen molar-refractivity contribution < 1.29 is 9.53 Å². The van der Waals surface area contributed by atoms with Crippen LogP contribution in [0.2, 0.25) is 0 Å². The zero-order valence-electron chi connectivity index (χ0n) is 11.0. The van der Waals surface area contributed by atoms with Crippen LogP contribution in [-0.2, 0) is 16.0 Å². The van der Waals surface area contributed by atoms with Crippen molar-refractivity contribution in [3.8, 4) is 0 Å². The minimum atomic E-state index is -0.946. The first-order valence-corrected chi connectivity index (χ1v) is 7.03.